The summed E-state index contributed by atoms with van der Waals surface area (Å²) in [5.41, 5.74) is -0.813. The number of benzene rings is 1. The molecule has 0 amide bonds. The molecule has 0 saturated carbocycles. The van der Waals surface area contributed by atoms with E-state index >= 15 is 0 Å². The topological polar surface area (TPSA) is 34.9 Å². The molecule has 0 bridgehead atoms. The van der Waals surface area contributed by atoms with Crippen molar-refractivity contribution < 1.29 is 8.78 Å². The van der Waals surface area contributed by atoms with Crippen molar-refractivity contribution in [1.82, 2.24) is 9.78 Å². The van der Waals surface area contributed by atoms with Crippen LogP contribution in [-0.4, -0.2) is 9.78 Å². The Kier molecular flexibility index (Phi) is 3.39. The Morgan fingerprint density at radius 3 is 2.65 bits per heavy atom. The largest absolute Gasteiger partial charge is 0.287 e. The van der Waals surface area contributed by atoms with Crippen molar-refractivity contribution in [3.63, 3.8) is 0 Å². The van der Waals surface area contributed by atoms with Crippen LogP contribution in [0.2, 0.25) is 0 Å². The van der Waals surface area contributed by atoms with Crippen molar-refractivity contribution in [3.8, 4) is 5.69 Å². The number of nitrogens with zero attached hydrogens (tertiary/aromatic N) is 2. The Hall–Kier alpha value is -1.08. The van der Waals surface area contributed by atoms with Crippen molar-refractivity contribution in [2.24, 2.45) is 0 Å². The van der Waals surface area contributed by atoms with Crippen molar-refractivity contribution in [1.29, 1.82) is 0 Å². The molecule has 0 saturated heterocycles. The minimum atomic E-state index is -0.727. The highest BCUT2D eigenvalue weighted by Crippen LogP contribution is 2.19. The SMILES string of the molecule is O=c1c(Br)c(Br)cnn1-c1cc(F)ccc1F. The molecule has 1 aromatic heterocycles. The first kappa shape index (κ1) is 12.4. The third-order valence-electron chi connectivity index (χ3n) is 2.01. The van der Waals surface area contributed by atoms with E-state index in [-0.39, 0.29) is 10.2 Å². The molecule has 17 heavy (non-hydrogen) atoms. The van der Waals surface area contributed by atoms with Crippen LogP contribution in [0.15, 0.2) is 38.1 Å². The molecular weight excluding hydrogens is 362 g/mol. The molecule has 0 radical (unpaired) electrons. The van der Waals surface area contributed by atoms with E-state index in [0.29, 0.717) is 4.47 Å². The first-order valence-electron chi connectivity index (χ1n) is 4.39. The van der Waals surface area contributed by atoms with Gasteiger partial charge in [0.15, 0.2) is 0 Å². The zero-order valence-electron chi connectivity index (χ0n) is 8.12. The van der Waals surface area contributed by atoms with Crippen molar-refractivity contribution in [2.75, 3.05) is 0 Å². The molecule has 2 aromatic rings. The summed E-state index contributed by atoms with van der Waals surface area (Å²) in [6, 6.07) is 2.82. The first-order valence-corrected chi connectivity index (χ1v) is 5.98. The predicted molar refractivity (Wildman–Crippen MR) is 65.1 cm³/mol. The number of halogens is 4. The smallest absolute Gasteiger partial charge is 0.266 e. The molecule has 0 fully saturated rings. The van der Waals surface area contributed by atoms with Crippen LogP contribution in [0, 0.1) is 11.6 Å². The maximum Gasteiger partial charge on any atom is 0.287 e. The Balaban J connectivity index is 2.73. The van der Waals surface area contributed by atoms with Crippen LogP contribution in [0.1, 0.15) is 0 Å². The average Bonchev–Trinajstić information content (AvgIpc) is 2.30. The van der Waals surface area contributed by atoms with Crippen molar-refractivity contribution >= 4 is 31.9 Å². The maximum atomic E-state index is 13.5. The van der Waals surface area contributed by atoms with Gasteiger partial charge in [-0.05, 0) is 44.0 Å². The fourth-order valence-corrected chi connectivity index (χ4v) is 1.76. The third kappa shape index (κ3) is 2.30. The summed E-state index contributed by atoms with van der Waals surface area (Å²) in [4.78, 5) is 11.8. The highest BCUT2D eigenvalue weighted by Gasteiger charge is 2.12. The number of hydrogen-bond acceptors (Lipinski definition) is 2. The summed E-state index contributed by atoms with van der Waals surface area (Å²) in [5, 5.41) is 3.73. The molecule has 88 valence electrons. The van der Waals surface area contributed by atoms with Gasteiger partial charge >= 0.3 is 0 Å². The molecule has 1 aromatic carbocycles. The Bertz CT molecular complexity index is 643. The maximum absolute atomic E-state index is 13.5. The number of aromatic nitrogens is 2. The van der Waals surface area contributed by atoms with E-state index in [1.54, 1.807) is 0 Å². The Morgan fingerprint density at radius 2 is 1.94 bits per heavy atom. The van der Waals surface area contributed by atoms with Gasteiger partial charge in [0.2, 0.25) is 0 Å². The van der Waals surface area contributed by atoms with Gasteiger partial charge in [0.05, 0.1) is 10.7 Å². The van der Waals surface area contributed by atoms with E-state index in [1.807, 2.05) is 0 Å². The molecule has 0 aliphatic rings. The Morgan fingerprint density at radius 1 is 1.24 bits per heavy atom. The van der Waals surface area contributed by atoms with Crippen LogP contribution in [0.3, 0.4) is 0 Å². The third-order valence-corrected chi connectivity index (χ3v) is 3.91. The summed E-state index contributed by atoms with van der Waals surface area (Å²) >= 11 is 6.13. The molecule has 1 heterocycles. The van der Waals surface area contributed by atoms with Gasteiger partial charge < -0.3 is 0 Å². The van der Waals surface area contributed by atoms with Crippen LogP contribution in [0.4, 0.5) is 8.78 Å². The lowest BCUT2D eigenvalue weighted by molar-refractivity contribution is 0.582. The molecule has 2 rings (SSSR count). The predicted octanol–water partition coefficient (Wildman–Crippen LogP) is 3.04. The number of hydrogen-bond donors (Lipinski definition) is 0. The van der Waals surface area contributed by atoms with Gasteiger partial charge in [0, 0.05) is 6.07 Å². The van der Waals surface area contributed by atoms with Crippen LogP contribution in [-0.2, 0) is 0 Å². The van der Waals surface area contributed by atoms with Gasteiger partial charge in [0.25, 0.3) is 5.56 Å². The molecule has 0 N–H and O–H groups in total. The van der Waals surface area contributed by atoms with E-state index < -0.39 is 17.2 Å². The van der Waals surface area contributed by atoms with Gasteiger partial charge in [-0.1, -0.05) is 0 Å². The zero-order chi connectivity index (χ0) is 12.6. The lowest BCUT2D eigenvalue weighted by atomic mass is 10.3. The van der Waals surface area contributed by atoms with E-state index in [2.05, 4.69) is 37.0 Å². The Labute approximate surface area is 111 Å². The van der Waals surface area contributed by atoms with Gasteiger partial charge in [-0.2, -0.15) is 9.78 Å². The summed E-state index contributed by atoms with van der Waals surface area (Å²) in [6.07, 6.45) is 1.32. The zero-order valence-corrected chi connectivity index (χ0v) is 11.3. The van der Waals surface area contributed by atoms with Gasteiger partial charge in [-0.25, -0.2) is 8.78 Å². The number of rotatable bonds is 1. The van der Waals surface area contributed by atoms with E-state index in [9.17, 15) is 13.6 Å². The van der Waals surface area contributed by atoms with Crippen molar-refractivity contribution in [3.05, 3.63) is 55.3 Å². The van der Waals surface area contributed by atoms with Crippen molar-refractivity contribution in [2.45, 2.75) is 0 Å². The highest BCUT2D eigenvalue weighted by atomic mass is 79.9. The molecule has 0 aliphatic carbocycles. The summed E-state index contributed by atoms with van der Waals surface area (Å²) in [6.45, 7) is 0. The lowest BCUT2D eigenvalue weighted by Gasteiger charge is -2.06. The normalized spacial score (nSPS) is 10.6. The van der Waals surface area contributed by atoms with Crippen LogP contribution < -0.4 is 5.56 Å². The summed E-state index contributed by atoms with van der Waals surface area (Å²) < 4.78 is 27.9. The molecule has 0 unspecified atom stereocenters. The molecule has 7 heteroatoms. The van der Waals surface area contributed by atoms with Crippen LogP contribution in [0.5, 0.6) is 0 Å². The fraction of sp³-hybridized carbons (Fsp3) is 0. The van der Waals surface area contributed by atoms with E-state index in [1.165, 1.54) is 6.20 Å². The first-order chi connectivity index (χ1) is 8.00. The molecule has 3 nitrogen and oxygen atoms in total. The van der Waals surface area contributed by atoms with E-state index in [4.69, 9.17) is 0 Å². The lowest BCUT2D eigenvalue weighted by Crippen LogP contribution is -2.22. The highest BCUT2D eigenvalue weighted by molar-refractivity contribution is 9.13. The van der Waals surface area contributed by atoms with Crippen LogP contribution in [0.25, 0.3) is 5.69 Å². The van der Waals surface area contributed by atoms with Gasteiger partial charge in [-0.15, -0.1) is 0 Å². The minimum Gasteiger partial charge on any atom is -0.266 e. The molecule has 0 atom stereocenters. The second-order valence-electron chi connectivity index (χ2n) is 3.12. The fourth-order valence-electron chi connectivity index (χ4n) is 1.23. The monoisotopic (exact) mass is 364 g/mol. The molecule has 0 aliphatic heterocycles. The average molecular weight is 366 g/mol. The molecular formula is C10H4Br2F2N2O. The second-order valence-corrected chi connectivity index (χ2v) is 4.77. The van der Waals surface area contributed by atoms with Crippen LogP contribution >= 0.6 is 31.9 Å². The summed E-state index contributed by atoms with van der Waals surface area (Å²) in [5.74, 6) is -1.37. The quantitative estimate of drug-likeness (QED) is 0.778. The standard InChI is InChI=1S/C10H4Br2F2N2O/c11-6-4-15-16(10(17)9(6)12)8-3-5(13)1-2-7(8)14/h1-4H. The van der Waals surface area contributed by atoms with Gasteiger partial charge in [0.1, 0.15) is 21.8 Å². The van der Waals surface area contributed by atoms with E-state index in [0.717, 1.165) is 22.9 Å². The second kappa shape index (κ2) is 4.66. The minimum absolute atomic E-state index is 0.191. The molecule has 0 spiro atoms. The van der Waals surface area contributed by atoms with Gasteiger partial charge in [-0.3, -0.25) is 4.79 Å². The summed E-state index contributed by atoms with van der Waals surface area (Å²) in [7, 11) is 0.